The van der Waals surface area contributed by atoms with E-state index < -0.39 is 0 Å². The molecular formula is C22H19ClN4O3. The van der Waals surface area contributed by atoms with Gasteiger partial charge >= 0.3 is 0 Å². The van der Waals surface area contributed by atoms with Gasteiger partial charge in [0.15, 0.2) is 0 Å². The second-order valence-electron chi connectivity index (χ2n) is 6.51. The first-order valence-corrected chi connectivity index (χ1v) is 9.90. The van der Waals surface area contributed by atoms with E-state index in [9.17, 15) is 4.79 Å². The van der Waals surface area contributed by atoms with Crippen molar-refractivity contribution in [2.24, 2.45) is 0 Å². The summed E-state index contributed by atoms with van der Waals surface area (Å²) in [4.78, 5) is 16.6. The molecule has 152 valence electrons. The maximum atomic E-state index is 12.2. The van der Waals surface area contributed by atoms with E-state index in [4.69, 9.17) is 20.9 Å². The van der Waals surface area contributed by atoms with Crippen LogP contribution in [0.25, 0.3) is 22.6 Å². The van der Waals surface area contributed by atoms with Gasteiger partial charge < -0.3 is 9.26 Å². The minimum Gasteiger partial charge on any atom is -0.494 e. The summed E-state index contributed by atoms with van der Waals surface area (Å²) in [7, 11) is 0. The summed E-state index contributed by atoms with van der Waals surface area (Å²) in [6.45, 7) is 2.87. The Bertz CT molecular complexity index is 1180. The van der Waals surface area contributed by atoms with Crippen molar-refractivity contribution < 1.29 is 9.26 Å². The largest absolute Gasteiger partial charge is 0.494 e. The van der Waals surface area contributed by atoms with Gasteiger partial charge in [0.1, 0.15) is 5.75 Å². The molecule has 0 atom stereocenters. The number of hydrogen-bond acceptors (Lipinski definition) is 6. The summed E-state index contributed by atoms with van der Waals surface area (Å²) in [5.41, 5.74) is 2.21. The van der Waals surface area contributed by atoms with Crippen molar-refractivity contribution in [1.29, 1.82) is 0 Å². The molecule has 0 aliphatic heterocycles. The molecule has 0 amide bonds. The smallest absolute Gasteiger partial charge is 0.266 e. The first-order chi connectivity index (χ1) is 14.6. The third-order valence-corrected chi connectivity index (χ3v) is 4.69. The summed E-state index contributed by atoms with van der Waals surface area (Å²) in [5.74, 6) is 1.70. The molecule has 2 aromatic heterocycles. The van der Waals surface area contributed by atoms with Gasteiger partial charge in [-0.25, -0.2) is 4.68 Å². The van der Waals surface area contributed by atoms with E-state index in [1.807, 2.05) is 43.3 Å². The summed E-state index contributed by atoms with van der Waals surface area (Å²) in [5, 5.41) is 9.10. The van der Waals surface area contributed by atoms with E-state index in [1.165, 1.54) is 10.7 Å². The maximum absolute atomic E-state index is 12.2. The average molecular weight is 423 g/mol. The lowest BCUT2D eigenvalue weighted by atomic mass is 10.1. The number of rotatable bonds is 7. The number of halogens is 1. The van der Waals surface area contributed by atoms with Crippen molar-refractivity contribution in [2.45, 2.75) is 19.9 Å². The Kier molecular flexibility index (Phi) is 5.90. The van der Waals surface area contributed by atoms with E-state index in [0.717, 1.165) is 16.9 Å². The zero-order valence-corrected chi connectivity index (χ0v) is 17.0. The minimum absolute atomic E-state index is 0.192. The molecule has 0 fully saturated rings. The monoisotopic (exact) mass is 422 g/mol. The molecule has 0 radical (unpaired) electrons. The molecule has 0 saturated heterocycles. The topological polar surface area (TPSA) is 83.0 Å². The van der Waals surface area contributed by atoms with Crippen LogP contribution in [0.5, 0.6) is 5.75 Å². The van der Waals surface area contributed by atoms with Crippen molar-refractivity contribution >= 4 is 11.6 Å². The molecule has 4 rings (SSSR count). The highest BCUT2D eigenvalue weighted by atomic mass is 35.5. The molecule has 30 heavy (non-hydrogen) atoms. The van der Waals surface area contributed by atoms with Crippen LogP contribution in [0.15, 0.2) is 70.0 Å². The molecule has 0 spiro atoms. The van der Waals surface area contributed by atoms with Crippen LogP contribution < -0.4 is 10.3 Å². The molecular weight excluding hydrogens is 404 g/mol. The molecule has 0 N–H and O–H groups in total. The predicted molar refractivity (Wildman–Crippen MR) is 114 cm³/mol. The molecule has 0 aliphatic carbocycles. The fourth-order valence-corrected chi connectivity index (χ4v) is 3.05. The Hall–Kier alpha value is -3.45. The van der Waals surface area contributed by atoms with Crippen LogP contribution in [0, 0.1) is 0 Å². The fraction of sp³-hybridized carbons (Fsp3) is 0.182. The first-order valence-electron chi connectivity index (χ1n) is 9.52. The summed E-state index contributed by atoms with van der Waals surface area (Å²) < 4.78 is 12.2. The number of aryl methyl sites for hydroxylation is 2. The van der Waals surface area contributed by atoms with E-state index in [2.05, 4.69) is 15.2 Å². The van der Waals surface area contributed by atoms with Gasteiger partial charge in [0.05, 0.1) is 18.8 Å². The lowest BCUT2D eigenvalue weighted by Crippen LogP contribution is -2.23. The third-order valence-electron chi connectivity index (χ3n) is 4.44. The lowest BCUT2D eigenvalue weighted by Gasteiger charge is -2.07. The number of hydrogen-bond donors (Lipinski definition) is 0. The zero-order chi connectivity index (χ0) is 20.9. The second kappa shape index (κ2) is 8.92. The summed E-state index contributed by atoms with van der Waals surface area (Å²) in [6.07, 6.45) is 0.389. The second-order valence-corrected chi connectivity index (χ2v) is 6.94. The van der Waals surface area contributed by atoms with Gasteiger partial charge in [0.25, 0.3) is 5.56 Å². The number of aromatic nitrogens is 4. The van der Waals surface area contributed by atoms with Gasteiger partial charge in [0.2, 0.25) is 11.7 Å². The summed E-state index contributed by atoms with van der Waals surface area (Å²) >= 11 is 5.91. The van der Waals surface area contributed by atoms with Crippen molar-refractivity contribution in [1.82, 2.24) is 19.9 Å². The average Bonchev–Trinajstić information content (AvgIpc) is 3.24. The highest BCUT2D eigenvalue weighted by Crippen LogP contribution is 2.20. The molecule has 0 bridgehead atoms. The van der Waals surface area contributed by atoms with Gasteiger partial charge in [-0.1, -0.05) is 16.8 Å². The standard InChI is InChI=1S/C22H19ClN4O3/c1-2-29-18-9-5-15(6-10-18)19-11-12-21(28)27(25-19)14-13-20-24-22(26-30-20)16-3-7-17(23)8-4-16/h3-12H,2,13-14H2,1H3. The van der Waals surface area contributed by atoms with Gasteiger partial charge in [-0.15, -0.1) is 0 Å². The molecule has 2 aromatic carbocycles. The Morgan fingerprint density at radius 2 is 1.73 bits per heavy atom. The Morgan fingerprint density at radius 3 is 2.47 bits per heavy atom. The summed E-state index contributed by atoms with van der Waals surface area (Å²) in [6, 6.07) is 18.0. The van der Waals surface area contributed by atoms with Crippen molar-refractivity contribution in [2.75, 3.05) is 6.61 Å². The third kappa shape index (κ3) is 4.58. The molecule has 0 aliphatic rings. The van der Waals surface area contributed by atoms with Crippen LogP contribution in [0.4, 0.5) is 0 Å². The Balaban J connectivity index is 1.48. The normalized spacial score (nSPS) is 10.9. The van der Waals surface area contributed by atoms with Crippen LogP contribution in [0.3, 0.4) is 0 Å². The van der Waals surface area contributed by atoms with Crippen LogP contribution in [0.1, 0.15) is 12.8 Å². The van der Waals surface area contributed by atoms with E-state index in [-0.39, 0.29) is 5.56 Å². The Morgan fingerprint density at radius 1 is 1.00 bits per heavy atom. The SMILES string of the molecule is CCOc1ccc(-c2ccc(=O)n(CCc3nc(-c4ccc(Cl)cc4)no3)n2)cc1. The fourth-order valence-electron chi connectivity index (χ4n) is 2.93. The van der Waals surface area contributed by atoms with Crippen LogP contribution in [0.2, 0.25) is 5.02 Å². The molecule has 4 aromatic rings. The Labute approximate surface area is 177 Å². The highest BCUT2D eigenvalue weighted by Gasteiger charge is 2.10. The number of nitrogens with zero attached hydrogens (tertiary/aromatic N) is 4. The van der Waals surface area contributed by atoms with Crippen molar-refractivity contribution in [3.05, 3.63) is 81.9 Å². The molecule has 0 unspecified atom stereocenters. The number of benzene rings is 2. The van der Waals surface area contributed by atoms with E-state index >= 15 is 0 Å². The molecule has 7 nitrogen and oxygen atoms in total. The number of ether oxygens (including phenoxy) is 1. The maximum Gasteiger partial charge on any atom is 0.266 e. The van der Waals surface area contributed by atoms with Gasteiger partial charge in [-0.05, 0) is 61.5 Å². The predicted octanol–water partition coefficient (Wildman–Crippen LogP) is 4.26. The molecule has 2 heterocycles. The van der Waals surface area contributed by atoms with Crippen molar-refractivity contribution in [3.63, 3.8) is 0 Å². The van der Waals surface area contributed by atoms with Crippen LogP contribution >= 0.6 is 11.6 Å². The van der Waals surface area contributed by atoms with E-state index in [1.54, 1.807) is 18.2 Å². The van der Waals surface area contributed by atoms with Crippen LogP contribution in [-0.4, -0.2) is 26.5 Å². The first kappa shape index (κ1) is 19.8. The zero-order valence-electron chi connectivity index (χ0n) is 16.3. The highest BCUT2D eigenvalue weighted by molar-refractivity contribution is 6.30. The molecule has 0 saturated carbocycles. The lowest BCUT2D eigenvalue weighted by molar-refractivity contribution is 0.340. The van der Waals surface area contributed by atoms with Crippen molar-refractivity contribution in [3.8, 4) is 28.4 Å². The van der Waals surface area contributed by atoms with Gasteiger partial charge in [-0.2, -0.15) is 10.1 Å². The van der Waals surface area contributed by atoms with Crippen LogP contribution in [-0.2, 0) is 13.0 Å². The molecule has 8 heteroatoms. The minimum atomic E-state index is -0.192. The van der Waals surface area contributed by atoms with Gasteiger partial charge in [-0.3, -0.25) is 4.79 Å². The van der Waals surface area contributed by atoms with Gasteiger partial charge in [0, 0.05) is 28.6 Å². The quantitative estimate of drug-likeness (QED) is 0.442. The van der Waals surface area contributed by atoms with E-state index in [0.29, 0.717) is 42.0 Å².